The monoisotopic (exact) mass is 1010 g/mol. The molecule has 362 valence electrons. The Kier molecular flexibility index (Phi) is 22.4. The molecule has 2 aliphatic rings. The second-order valence-electron chi connectivity index (χ2n) is 15.7. The molecule has 24 heteroatoms. The number of hydrogen-bond donors (Lipinski definition) is 5. The second-order valence-corrected chi connectivity index (χ2v) is 21.1. The highest BCUT2D eigenvalue weighted by atomic mass is 32.2. The molecule has 0 radical (unpaired) electrons. The summed E-state index contributed by atoms with van der Waals surface area (Å²) in [6.45, 7) is 5.13. The molecule has 2 aliphatic heterocycles. The zero-order chi connectivity index (χ0) is 47.5. The van der Waals surface area contributed by atoms with Crippen LogP contribution in [-0.2, 0) is 64.0 Å². The Balaban J connectivity index is 1.77. The van der Waals surface area contributed by atoms with E-state index in [0.29, 0.717) is 79.3 Å². The molecule has 2 aromatic rings. The van der Waals surface area contributed by atoms with E-state index in [2.05, 4.69) is 39.6 Å². The maximum Gasteiger partial charge on any atom is 0.303 e. The van der Waals surface area contributed by atoms with Crippen LogP contribution in [0.2, 0.25) is 0 Å². The molecule has 0 amide bonds. The van der Waals surface area contributed by atoms with Crippen LogP contribution in [0.25, 0.3) is 0 Å². The highest BCUT2D eigenvalue weighted by Crippen LogP contribution is 2.52. The molecule has 0 aliphatic carbocycles. The van der Waals surface area contributed by atoms with Crippen LogP contribution in [0.4, 0.5) is 11.4 Å². The fourth-order valence-corrected chi connectivity index (χ4v) is 10.7. The molecule has 0 spiro atoms. The van der Waals surface area contributed by atoms with Crippen molar-refractivity contribution in [2.24, 2.45) is 0 Å². The summed E-state index contributed by atoms with van der Waals surface area (Å²) in [5, 5.41) is 48.0. The highest BCUT2D eigenvalue weighted by Gasteiger charge is 2.47. The van der Waals surface area contributed by atoms with Crippen molar-refractivity contribution in [3.63, 3.8) is 0 Å². The largest absolute Gasteiger partial charge is 0.691 e. The van der Waals surface area contributed by atoms with Crippen molar-refractivity contribution in [1.82, 2.24) is 0 Å². The molecule has 4 rings (SSSR count). The summed E-state index contributed by atoms with van der Waals surface area (Å²) in [5.74, 6) is -0.231. The van der Waals surface area contributed by atoms with Gasteiger partial charge in [0, 0.05) is 94.4 Å². The van der Waals surface area contributed by atoms with Gasteiger partial charge in [-0.15, -0.1) is 8.67 Å². The van der Waals surface area contributed by atoms with Crippen molar-refractivity contribution >= 4 is 79.4 Å². The number of rotatable bonds is 32. The van der Waals surface area contributed by atoms with Gasteiger partial charge in [0.25, 0.3) is 20.2 Å². The van der Waals surface area contributed by atoms with Crippen molar-refractivity contribution in [3.05, 3.63) is 83.6 Å². The normalized spacial score (nSPS) is 19.4. The first-order chi connectivity index (χ1) is 31.0. The smallest absolute Gasteiger partial charge is 0.303 e. The van der Waals surface area contributed by atoms with E-state index in [1.165, 1.54) is 12.1 Å². The highest BCUT2D eigenvalue weighted by molar-refractivity contribution is 7.95. The molecule has 5 N–H and O–H groups in total. The second kappa shape index (κ2) is 26.6. The van der Waals surface area contributed by atoms with Crippen LogP contribution in [0.1, 0.15) is 102 Å². The quantitative estimate of drug-likeness (QED) is 0.00881. The van der Waals surface area contributed by atoms with E-state index in [0.717, 1.165) is 84.5 Å². The van der Waals surface area contributed by atoms with Crippen molar-refractivity contribution < 1.29 is 84.3 Å². The molecule has 2 unspecified atom stereocenters. The van der Waals surface area contributed by atoms with Gasteiger partial charge in [-0.05, 0) is 101 Å². The first-order valence-electron chi connectivity index (χ1n) is 20.7. The Morgan fingerprint density at radius 3 is 2.15 bits per heavy atom. The van der Waals surface area contributed by atoms with Gasteiger partial charge in [-0.3, -0.25) is 18.9 Å². The van der Waals surface area contributed by atoms with Gasteiger partial charge in [0.05, 0.1) is 28.1 Å². The molecule has 2 heterocycles. The van der Waals surface area contributed by atoms with Gasteiger partial charge in [0.15, 0.2) is 5.71 Å². The predicted molar refractivity (Wildman–Crippen MR) is 243 cm³/mol. The Morgan fingerprint density at radius 1 is 0.800 bits per heavy atom. The number of anilines is 1. The number of benzene rings is 2. The van der Waals surface area contributed by atoms with E-state index in [9.17, 15) is 41.1 Å². The van der Waals surface area contributed by atoms with Gasteiger partial charge in [0.1, 0.15) is 6.54 Å². The molecule has 0 fully saturated rings. The number of carboxylic acid groups (broad SMARTS) is 1. The lowest BCUT2D eigenvalue weighted by Crippen LogP contribution is -2.31. The number of hydrogen-bond acceptors (Lipinski definition) is 18. The minimum Gasteiger partial charge on any atom is -0.691 e. The molecule has 0 saturated heterocycles. The molecular weight excluding hydrogens is 953 g/mol. The van der Waals surface area contributed by atoms with E-state index in [4.69, 9.17) is 10.5 Å². The Bertz CT molecular complexity index is 2240. The molecule has 65 heavy (non-hydrogen) atoms. The van der Waals surface area contributed by atoms with E-state index < -0.39 is 42.8 Å². The van der Waals surface area contributed by atoms with Gasteiger partial charge >= 0.3 is 5.97 Å². The Labute approximate surface area is 392 Å². The van der Waals surface area contributed by atoms with Gasteiger partial charge in [-0.2, -0.15) is 25.7 Å². The lowest BCUT2D eigenvalue weighted by atomic mass is 9.75. The Hall–Kier alpha value is -2.89. The Morgan fingerprint density at radius 2 is 1.49 bits per heavy atom. The third-order valence-electron chi connectivity index (χ3n) is 11.4. The van der Waals surface area contributed by atoms with Crippen molar-refractivity contribution in [3.8, 4) is 0 Å². The van der Waals surface area contributed by atoms with Crippen molar-refractivity contribution in [2.45, 2.75) is 112 Å². The number of fused-ring (bicyclic) bond motifs is 2. The number of unbranched alkanes of at least 4 members (excludes halogenated alkanes) is 5. The average Bonchev–Trinajstić information content (AvgIpc) is 3.62. The summed E-state index contributed by atoms with van der Waals surface area (Å²) >= 11 is 2.75. The maximum absolute atomic E-state index is 12.4. The van der Waals surface area contributed by atoms with Crippen LogP contribution in [0.3, 0.4) is 0 Å². The zero-order valence-corrected chi connectivity index (χ0v) is 40.0. The molecule has 2 aromatic carbocycles. The number of nitrogens with zero attached hydrogens (tertiary/aromatic N) is 2. The lowest BCUT2D eigenvalue weighted by molar-refractivity contribution is -0.777. The maximum atomic E-state index is 12.4. The molecule has 0 saturated carbocycles. The van der Waals surface area contributed by atoms with Gasteiger partial charge in [-0.25, -0.2) is 10.5 Å². The standard InChI is InChI=1S/C41H56N2O17S5/c1-40(22-8-12-26-61-58-55-46)33-29-31(63-60-57-48)18-20-35(33)43(25-11-13-27-62-59-56-47)37(40)15-5-3-6-16-38-41(2,23-9-14-28-64(49,50)51)34-30-32(65(52,53)54)19-21-36(34)42(38)24-10-4-7-17-39(44)45/h3,5-6,15-16,18-21,29-30H,4,7-14,17,22-28H2,1-2H3,(H5-,44,45,46,47,48,49,50,51,52,53,54). The molecule has 0 bridgehead atoms. The molecule has 0 aromatic heterocycles. The summed E-state index contributed by atoms with van der Waals surface area (Å²) < 4.78 is 83.3. The third kappa shape index (κ3) is 16.1. The predicted octanol–water partition coefficient (Wildman–Crippen LogP) is 8.09. The van der Waals surface area contributed by atoms with Gasteiger partial charge in [-0.1, -0.05) is 47.6 Å². The lowest BCUT2D eigenvalue weighted by Gasteiger charge is -2.30. The number of aliphatic carboxylic acids is 1. The van der Waals surface area contributed by atoms with E-state index in [-0.39, 0.29) is 17.7 Å². The topological polar surface area (TPSA) is 271 Å². The SMILES string of the molecule is CC1(CCCCSOOO)C(/C=C/C=C/C=C2/N(CCCCCC(=O)O)c3ccc(S(=O)(=O)O)cc3C2(C)CCCCS(=O)(=O)O)=[N+](CCCCSOOO)c2ccc(SOO[O-])cc21. The molecular formula is C41H56N2O17S5. The zero-order valence-electron chi connectivity index (χ0n) is 35.9. The summed E-state index contributed by atoms with van der Waals surface area (Å²) in [4.78, 5) is 13.6. The molecule has 2 atom stereocenters. The fourth-order valence-electron chi connectivity index (χ4n) is 8.36. The van der Waals surface area contributed by atoms with Gasteiger partial charge in [0.2, 0.25) is 5.69 Å². The minimum atomic E-state index is -4.59. The van der Waals surface area contributed by atoms with Crippen molar-refractivity contribution in [1.29, 1.82) is 0 Å². The number of carbonyl (C=O) groups is 1. The number of carboxylic acids is 1. The summed E-state index contributed by atoms with van der Waals surface area (Å²) in [5.41, 5.74) is 3.58. The van der Waals surface area contributed by atoms with Crippen LogP contribution in [0.15, 0.2) is 82.3 Å². The van der Waals surface area contributed by atoms with Crippen LogP contribution in [0.5, 0.6) is 0 Å². The minimum absolute atomic E-state index is 0.0191. The summed E-state index contributed by atoms with van der Waals surface area (Å²) in [7, 11) is -8.81. The van der Waals surface area contributed by atoms with Crippen LogP contribution < -0.4 is 10.2 Å². The van der Waals surface area contributed by atoms with E-state index >= 15 is 0 Å². The number of allylic oxidation sites excluding steroid dienone is 6. The molecule has 19 nitrogen and oxygen atoms in total. The summed E-state index contributed by atoms with van der Waals surface area (Å²) in [6.07, 6.45) is 15.8. The van der Waals surface area contributed by atoms with Crippen LogP contribution in [0, 0.1) is 0 Å². The van der Waals surface area contributed by atoms with E-state index in [1.54, 1.807) is 6.07 Å². The van der Waals surface area contributed by atoms with Crippen LogP contribution >= 0.6 is 36.1 Å². The fraction of sp³-hybridized carbons (Fsp3) is 0.512. The first kappa shape index (κ1) is 54.7. The average molecular weight is 1010 g/mol. The van der Waals surface area contributed by atoms with Crippen molar-refractivity contribution in [2.75, 3.05) is 35.2 Å². The first-order valence-corrected chi connectivity index (χ1v) is 26.4. The van der Waals surface area contributed by atoms with Crippen LogP contribution in [-0.4, -0.2) is 88.2 Å². The third-order valence-corrected chi connectivity index (χ3v) is 14.8. The summed E-state index contributed by atoms with van der Waals surface area (Å²) in [6, 6.07) is 10.1. The van der Waals surface area contributed by atoms with E-state index in [1.807, 2.05) is 60.4 Å². The van der Waals surface area contributed by atoms with Gasteiger partial charge < -0.3 is 15.3 Å².